The highest BCUT2D eigenvalue weighted by Crippen LogP contribution is 2.26. The molecule has 8 nitrogen and oxygen atoms in total. The highest BCUT2D eigenvalue weighted by molar-refractivity contribution is 7.89. The van der Waals surface area contributed by atoms with E-state index in [2.05, 4.69) is 5.10 Å². The monoisotopic (exact) mass is 404 g/mol. The number of carbonyl (C=O) groups is 1. The summed E-state index contributed by atoms with van der Waals surface area (Å²) in [6, 6.07) is 6.42. The Bertz CT molecular complexity index is 1060. The maximum atomic E-state index is 13.1. The number of hydrogen-bond donors (Lipinski definition) is 0. The van der Waals surface area contributed by atoms with E-state index in [1.54, 1.807) is 18.7 Å². The van der Waals surface area contributed by atoms with Crippen molar-refractivity contribution in [2.24, 2.45) is 7.05 Å². The highest BCUT2D eigenvalue weighted by atomic mass is 32.2. The molecule has 0 bridgehead atoms. The lowest BCUT2D eigenvalue weighted by Gasteiger charge is -2.34. The molecule has 0 N–H and O–H groups in total. The van der Waals surface area contributed by atoms with Crippen LogP contribution in [0.2, 0.25) is 0 Å². The van der Waals surface area contributed by atoms with Crippen molar-refractivity contribution in [3.8, 4) is 0 Å². The van der Waals surface area contributed by atoms with Crippen molar-refractivity contribution in [1.82, 2.24) is 19.0 Å². The second kappa shape index (κ2) is 7.48. The number of piperazine rings is 1. The number of hydrogen-bond acceptors (Lipinski definition) is 5. The zero-order valence-corrected chi connectivity index (χ0v) is 17.3. The van der Waals surface area contributed by atoms with Gasteiger partial charge >= 0.3 is 0 Å². The molecule has 0 radical (unpaired) electrons. The van der Waals surface area contributed by atoms with Gasteiger partial charge in [-0.05, 0) is 38.0 Å². The number of sulfonamides is 1. The Kier molecular flexibility index (Phi) is 5.40. The molecule has 1 saturated heterocycles. The minimum Gasteiger partial charge on any atom is -0.335 e. The van der Waals surface area contributed by atoms with Gasteiger partial charge in [0.1, 0.15) is 5.69 Å². The summed E-state index contributed by atoms with van der Waals surface area (Å²) in [6.45, 7) is 6.52. The molecule has 1 aromatic carbocycles. The van der Waals surface area contributed by atoms with E-state index in [1.165, 1.54) is 23.5 Å². The van der Waals surface area contributed by atoms with Crippen LogP contribution in [0.15, 0.2) is 34.0 Å². The standard InChI is InChI=1S/C19H24N4O4S/c1-13-11-14(2)18(15(3)12-13)28(26,27)23-9-7-22(8-10-23)19(25)16-5-6-17(24)21(4)20-16/h5-6,11-12H,7-10H2,1-4H3. The largest absolute Gasteiger partial charge is 0.335 e. The Morgan fingerprint density at radius 2 is 1.57 bits per heavy atom. The molecule has 150 valence electrons. The predicted octanol–water partition coefficient (Wildman–Crippen LogP) is 0.852. The van der Waals surface area contributed by atoms with E-state index in [0.29, 0.717) is 4.90 Å². The van der Waals surface area contributed by atoms with Crippen molar-refractivity contribution in [3.63, 3.8) is 0 Å². The van der Waals surface area contributed by atoms with Gasteiger partial charge in [0, 0.05) is 39.3 Å². The topological polar surface area (TPSA) is 92.6 Å². The average Bonchev–Trinajstić information content (AvgIpc) is 2.62. The molecule has 1 aromatic heterocycles. The molecule has 0 aliphatic carbocycles. The van der Waals surface area contributed by atoms with E-state index in [1.807, 2.05) is 19.1 Å². The fraction of sp³-hybridized carbons (Fsp3) is 0.421. The van der Waals surface area contributed by atoms with E-state index in [4.69, 9.17) is 0 Å². The van der Waals surface area contributed by atoms with Crippen molar-refractivity contribution < 1.29 is 13.2 Å². The summed E-state index contributed by atoms with van der Waals surface area (Å²) in [5.41, 5.74) is 2.35. The van der Waals surface area contributed by atoms with Crippen LogP contribution in [0.1, 0.15) is 27.2 Å². The van der Waals surface area contributed by atoms with Crippen molar-refractivity contribution >= 4 is 15.9 Å². The quantitative estimate of drug-likeness (QED) is 0.756. The van der Waals surface area contributed by atoms with Crippen LogP contribution in [0.5, 0.6) is 0 Å². The summed E-state index contributed by atoms with van der Waals surface area (Å²) < 4.78 is 28.8. The first-order chi connectivity index (χ1) is 13.1. The zero-order valence-electron chi connectivity index (χ0n) is 16.5. The number of amides is 1. The minimum absolute atomic E-state index is 0.170. The summed E-state index contributed by atoms with van der Waals surface area (Å²) >= 11 is 0. The molecule has 2 aromatic rings. The van der Waals surface area contributed by atoms with Crippen molar-refractivity contribution in [1.29, 1.82) is 0 Å². The van der Waals surface area contributed by atoms with E-state index < -0.39 is 10.0 Å². The van der Waals surface area contributed by atoms with Gasteiger partial charge in [-0.3, -0.25) is 9.59 Å². The van der Waals surface area contributed by atoms with Gasteiger partial charge in [-0.25, -0.2) is 13.1 Å². The third-order valence-electron chi connectivity index (χ3n) is 4.91. The highest BCUT2D eigenvalue weighted by Gasteiger charge is 2.32. The van der Waals surface area contributed by atoms with E-state index >= 15 is 0 Å². The molecule has 2 heterocycles. The first-order valence-corrected chi connectivity index (χ1v) is 10.5. The summed E-state index contributed by atoms with van der Waals surface area (Å²) in [4.78, 5) is 26.0. The van der Waals surface area contributed by atoms with Crippen LogP contribution < -0.4 is 5.56 Å². The number of benzene rings is 1. The van der Waals surface area contributed by atoms with Crippen LogP contribution >= 0.6 is 0 Å². The molecule has 1 fully saturated rings. The van der Waals surface area contributed by atoms with Crippen molar-refractivity contribution in [2.45, 2.75) is 25.7 Å². The van der Waals surface area contributed by atoms with Crippen LogP contribution in [-0.2, 0) is 17.1 Å². The van der Waals surface area contributed by atoms with Gasteiger partial charge < -0.3 is 4.90 Å². The maximum Gasteiger partial charge on any atom is 0.274 e. The number of carbonyl (C=O) groups excluding carboxylic acids is 1. The van der Waals surface area contributed by atoms with Crippen LogP contribution in [0, 0.1) is 20.8 Å². The van der Waals surface area contributed by atoms with Gasteiger partial charge in [0.25, 0.3) is 11.5 Å². The Morgan fingerprint density at radius 1 is 1.00 bits per heavy atom. The summed E-state index contributed by atoms with van der Waals surface area (Å²) in [5.74, 6) is -0.310. The SMILES string of the molecule is Cc1cc(C)c(S(=O)(=O)N2CCN(C(=O)c3ccc(=O)n(C)n3)CC2)c(C)c1. The van der Waals surface area contributed by atoms with Gasteiger partial charge in [-0.2, -0.15) is 9.40 Å². The van der Waals surface area contributed by atoms with Gasteiger partial charge in [-0.15, -0.1) is 0 Å². The number of rotatable bonds is 3. The van der Waals surface area contributed by atoms with Crippen molar-refractivity contribution in [3.05, 3.63) is 57.0 Å². The third-order valence-corrected chi connectivity index (χ3v) is 7.11. The lowest BCUT2D eigenvalue weighted by molar-refractivity contribution is 0.0689. The molecule has 1 amide bonds. The molecular formula is C19H24N4O4S. The van der Waals surface area contributed by atoms with Crippen LogP contribution in [0.25, 0.3) is 0 Å². The van der Waals surface area contributed by atoms with Crippen LogP contribution in [0.3, 0.4) is 0 Å². The van der Waals surface area contributed by atoms with E-state index in [9.17, 15) is 18.0 Å². The molecule has 0 spiro atoms. The molecule has 1 aliphatic heterocycles. The van der Waals surface area contributed by atoms with Crippen LogP contribution in [-0.4, -0.2) is 59.5 Å². The van der Waals surface area contributed by atoms with Gasteiger partial charge in [-0.1, -0.05) is 17.7 Å². The first kappa shape index (κ1) is 20.2. The minimum atomic E-state index is -3.63. The lowest BCUT2D eigenvalue weighted by Crippen LogP contribution is -2.51. The van der Waals surface area contributed by atoms with Gasteiger partial charge in [0.05, 0.1) is 4.90 Å². The molecule has 3 rings (SSSR count). The van der Waals surface area contributed by atoms with Crippen molar-refractivity contribution in [2.75, 3.05) is 26.2 Å². The molecule has 0 saturated carbocycles. The molecule has 0 atom stereocenters. The van der Waals surface area contributed by atoms with Gasteiger partial charge in [0.15, 0.2) is 0 Å². The molecule has 28 heavy (non-hydrogen) atoms. The average molecular weight is 404 g/mol. The Balaban J connectivity index is 1.77. The van der Waals surface area contributed by atoms with Crippen LogP contribution in [0.4, 0.5) is 0 Å². The molecule has 1 aliphatic rings. The predicted molar refractivity (Wildman–Crippen MR) is 105 cm³/mol. The number of aromatic nitrogens is 2. The van der Waals surface area contributed by atoms with E-state index in [0.717, 1.165) is 21.4 Å². The summed E-state index contributed by atoms with van der Waals surface area (Å²) in [6.07, 6.45) is 0. The van der Waals surface area contributed by atoms with E-state index in [-0.39, 0.29) is 43.3 Å². The number of aryl methyl sites for hydroxylation is 4. The fourth-order valence-electron chi connectivity index (χ4n) is 3.61. The Hall–Kier alpha value is -2.52. The second-order valence-corrected chi connectivity index (χ2v) is 8.98. The van der Waals surface area contributed by atoms with Gasteiger partial charge in [0.2, 0.25) is 10.0 Å². The maximum absolute atomic E-state index is 13.1. The fourth-order valence-corrected chi connectivity index (χ4v) is 5.45. The Labute approximate surface area is 164 Å². The molecule has 9 heteroatoms. The Morgan fingerprint density at radius 3 is 2.11 bits per heavy atom. The summed E-state index contributed by atoms with van der Waals surface area (Å²) in [5, 5.41) is 3.98. The lowest BCUT2D eigenvalue weighted by atomic mass is 10.1. The zero-order chi connectivity index (χ0) is 20.6. The normalized spacial score (nSPS) is 15.6. The molecule has 0 unspecified atom stereocenters. The number of nitrogens with zero attached hydrogens (tertiary/aromatic N) is 4. The summed E-state index contributed by atoms with van der Waals surface area (Å²) in [7, 11) is -2.15. The third kappa shape index (κ3) is 3.72. The smallest absolute Gasteiger partial charge is 0.274 e. The first-order valence-electron chi connectivity index (χ1n) is 9.03. The second-order valence-electron chi connectivity index (χ2n) is 7.10. The molecular weight excluding hydrogens is 380 g/mol.